The fourth-order valence-electron chi connectivity index (χ4n) is 1.16. The van der Waals surface area contributed by atoms with Gasteiger partial charge in [-0.25, -0.2) is 4.72 Å². The highest BCUT2D eigenvalue weighted by Crippen LogP contribution is 2.23. The van der Waals surface area contributed by atoms with Gasteiger partial charge in [-0.1, -0.05) is 11.6 Å². The molecule has 10 heteroatoms. The zero-order valence-corrected chi connectivity index (χ0v) is 11.6. The van der Waals surface area contributed by atoms with Crippen LogP contribution in [0.15, 0.2) is 18.2 Å². The van der Waals surface area contributed by atoms with E-state index in [2.05, 4.69) is 0 Å². The molecule has 0 spiro atoms. The summed E-state index contributed by atoms with van der Waals surface area (Å²) in [6.45, 7) is 0.726. The van der Waals surface area contributed by atoms with Crippen molar-refractivity contribution in [1.82, 2.24) is 4.72 Å². The second kappa shape index (κ2) is 5.88. The van der Waals surface area contributed by atoms with Crippen molar-refractivity contribution in [3.05, 3.63) is 28.8 Å². The first-order valence-corrected chi connectivity index (χ1v) is 6.90. The highest BCUT2D eigenvalue weighted by Gasteiger charge is 2.47. The van der Waals surface area contributed by atoms with Crippen molar-refractivity contribution in [3.8, 4) is 5.75 Å². The lowest BCUT2D eigenvalue weighted by atomic mass is 10.2. The normalized spacial score (nSPS) is 12.1. The van der Waals surface area contributed by atoms with Gasteiger partial charge in [-0.15, -0.1) is 0 Å². The lowest BCUT2D eigenvalue weighted by molar-refractivity contribution is -0.121. The molecule has 1 aromatic rings. The van der Waals surface area contributed by atoms with Crippen molar-refractivity contribution in [1.29, 1.82) is 0 Å². The first-order chi connectivity index (χ1) is 9.03. The van der Waals surface area contributed by atoms with Crippen LogP contribution in [-0.2, 0) is 14.8 Å². The maximum atomic E-state index is 12.0. The van der Waals surface area contributed by atoms with E-state index in [0.717, 1.165) is 4.72 Å². The predicted octanol–water partition coefficient (Wildman–Crippen LogP) is 1.99. The number of hydrogen-bond donors (Lipinski definition) is 1. The average molecular weight is 332 g/mol. The summed E-state index contributed by atoms with van der Waals surface area (Å²) in [4.78, 5) is 11.1. The van der Waals surface area contributed by atoms with E-state index < -0.39 is 28.0 Å². The molecule has 0 radical (unpaired) electrons. The van der Waals surface area contributed by atoms with E-state index in [4.69, 9.17) is 16.3 Å². The fraction of sp³-hybridized carbons (Fsp3) is 0.300. The molecular formula is C10H9ClF3NO4S. The Morgan fingerprint density at radius 1 is 1.40 bits per heavy atom. The van der Waals surface area contributed by atoms with Crippen LogP contribution < -0.4 is 9.46 Å². The molecule has 0 aliphatic heterocycles. The molecule has 112 valence electrons. The SMILES string of the molecule is Cc1cc(Cl)ccc1OCC(=O)NS(=O)(=O)C(F)(F)F. The number of sulfonamides is 1. The van der Waals surface area contributed by atoms with Crippen LogP contribution >= 0.6 is 11.6 Å². The molecule has 1 N–H and O–H groups in total. The van der Waals surface area contributed by atoms with Crippen molar-refractivity contribution in [3.63, 3.8) is 0 Å². The van der Waals surface area contributed by atoms with E-state index in [0.29, 0.717) is 10.6 Å². The molecule has 5 nitrogen and oxygen atoms in total. The minimum atomic E-state index is -5.72. The summed E-state index contributed by atoms with van der Waals surface area (Å²) in [5.74, 6) is -1.23. The molecule has 1 rings (SSSR count). The molecule has 0 saturated carbocycles. The number of hydrogen-bond acceptors (Lipinski definition) is 4. The predicted molar refractivity (Wildman–Crippen MR) is 64.8 cm³/mol. The number of rotatable bonds is 4. The molecule has 0 unspecified atom stereocenters. The van der Waals surface area contributed by atoms with E-state index in [-0.39, 0.29) is 5.75 Å². The van der Waals surface area contributed by atoms with E-state index in [1.54, 1.807) is 6.92 Å². The van der Waals surface area contributed by atoms with Crippen molar-refractivity contribution in [2.45, 2.75) is 12.4 Å². The maximum absolute atomic E-state index is 12.0. The van der Waals surface area contributed by atoms with Gasteiger partial charge in [-0.2, -0.15) is 21.6 Å². The zero-order valence-electron chi connectivity index (χ0n) is 9.99. The minimum absolute atomic E-state index is 0.203. The largest absolute Gasteiger partial charge is 0.516 e. The van der Waals surface area contributed by atoms with E-state index in [1.807, 2.05) is 0 Å². The molecule has 0 saturated heterocycles. The average Bonchev–Trinajstić information content (AvgIpc) is 2.25. The molecule has 0 fully saturated rings. The van der Waals surface area contributed by atoms with E-state index in [9.17, 15) is 26.4 Å². The Labute approximate surface area is 117 Å². The third-order valence-corrected chi connectivity index (χ3v) is 3.39. The smallest absolute Gasteiger partial charge is 0.483 e. The van der Waals surface area contributed by atoms with Crippen LogP contribution in [0.3, 0.4) is 0 Å². The molecule has 0 aliphatic rings. The Balaban J connectivity index is 2.65. The van der Waals surface area contributed by atoms with Crippen molar-refractivity contribution >= 4 is 27.5 Å². The molecule has 1 amide bonds. The Hall–Kier alpha value is -1.48. The zero-order chi connectivity index (χ0) is 15.6. The van der Waals surface area contributed by atoms with Gasteiger partial charge in [0.05, 0.1) is 0 Å². The summed E-state index contributed by atoms with van der Waals surface area (Å²) in [5, 5.41) is 0.416. The first-order valence-electron chi connectivity index (χ1n) is 5.04. The molecule has 0 heterocycles. The Morgan fingerprint density at radius 2 is 2.00 bits per heavy atom. The second-order valence-corrected chi connectivity index (χ2v) is 5.78. The molecule has 0 atom stereocenters. The van der Waals surface area contributed by atoms with Crippen LogP contribution in [0.2, 0.25) is 5.02 Å². The molecule has 0 aliphatic carbocycles. The van der Waals surface area contributed by atoms with Gasteiger partial charge in [-0.05, 0) is 30.7 Å². The number of carbonyl (C=O) groups is 1. The van der Waals surface area contributed by atoms with Crippen LogP contribution in [0.1, 0.15) is 5.56 Å². The monoisotopic (exact) mass is 331 g/mol. The van der Waals surface area contributed by atoms with Gasteiger partial charge < -0.3 is 4.74 Å². The molecule has 0 bridgehead atoms. The number of halogens is 4. The highest BCUT2D eigenvalue weighted by atomic mass is 35.5. The third kappa shape index (κ3) is 4.27. The van der Waals surface area contributed by atoms with E-state index in [1.165, 1.54) is 18.2 Å². The van der Waals surface area contributed by atoms with Gasteiger partial charge in [0.25, 0.3) is 5.91 Å². The van der Waals surface area contributed by atoms with Crippen LogP contribution in [0.25, 0.3) is 0 Å². The molecule has 1 aromatic carbocycles. The van der Waals surface area contributed by atoms with Crippen LogP contribution in [0.5, 0.6) is 5.75 Å². The third-order valence-electron chi connectivity index (χ3n) is 2.05. The van der Waals surface area contributed by atoms with Crippen molar-refractivity contribution in [2.24, 2.45) is 0 Å². The number of ether oxygens (including phenoxy) is 1. The summed E-state index contributed by atoms with van der Waals surface area (Å²) < 4.78 is 63.1. The van der Waals surface area contributed by atoms with Gasteiger partial charge >= 0.3 is 15.5 Å². The van der Waals surface area contributed by atoms with E-state index >= 15 is 0 Å². The quantitative estimate of drug-likeness (QED) is 0.916. The molecule has 20 heavy (non-hydrogen) atoms. The molecular weight excluding hydrogens is 323 g/mol. The lowest BCUT2D eigenvalue weighted by Crippen LogP contribution is -2.42. The topological polar surface area (TPSA) is 72.5 Å². The number of alkyl halides is 3. The lowest BCUT2D eigenvalue weighted by Gasteiger charge is -2.11. The van der Waals surface area contributed by atoms with Gasteiger partial charge in [0.15, 0.2) is 6.61 Å². The number of nitrogens with one attached hydrogen (secondary N) is 1. The summed E-state index contributed by atoms with van der Waals surface area (Å²) in [6, 6.07) is 4.37. The number of amides is 1. The second-order valence-electron chi connectivity index (χ2n) is 3.67. The van der Waals surface area contributed by atoms with Crippen LogP contribution in [-0.4, -0.2) is 26.4 Å². The summed E-state index contributed by atoms with van der Waals surface area (Å²) in [6.07, 6.45) is 0. The Bertz CT molecular complexity index is 615. The highest BCUT2D eigenvalue weighted by molar-refractivity contribution is 7.90. The minimum Gasteiger partial charge on any atom is -0.483 e. The van der Waals surface area contributed by atoms with Crippen molar-refractivity contribution in [2.75, 3.05) is 6.61 Å². The maximum Gasteiger partial charge on any atom is 0.516 e. The summed E-state index contributed by atoms with van der Waals surface area (Å²) in [5.41, 5.74) is -5.01. The van der Waals surface area contributed by atoms with Gasteiger partial charge in [0, 0.05) is 5.02 Å². The number of benzene rings is 1. The number of carbonyl (C=O) groups excluding carboxylic acids is 1. The standard InChI is InChI=1S/C10H9ClF3NO4S/c1-6-4-7(11)2-3-8(6)19-5-9(16)15-20(17,18)10(12,13)14/h2-4H,5H2,1H3,(H,15,16). The van der Waals surface area contributed by atoms with Crippen molar-refractivity contribution < 1.29 is 31.1 Å². The summed E-state index contributed by atoms with van der Waals surface area (Å²) in [7, 11) is -5.72. The van der Waals surface area contributed by atoms with Crippen LogP contribution in [0.4, 0.5) is 13.2 Å². The Morgan fingerprint density at radius 3 is 2.50 bits per heavy atom. The van der Waals surface area contributed by atoms with Crippen LogP contribution in [0, 0.1) is 6.92 Å². The van der Waals surface area contributed by atoms with Gasteiger partial charge in [0.1, 0.15) is 5.75 Å². The Kier molecular flexibility index (Phi) is 4.87. The summed E-state index contributed by atoms with van der Waals surface area (Å²) >= 11 is 5.68. The first kappa shape index (κ1) is 16.6. The fourth-order valence-corrected chi connectivity index (χ4v) is 1.86. The van der Waals surface area contributed by atoms with Gasteiger partial charge in [0.2, 0.25) is 0 Å². The number of aryl methyl sites for hydroxylation is 1. The van der Waals surface area contributed by atoms with Gasteiger partial charge in [-0.3, -0.25) is 4.79 Å². The molecule has 0 aromatic heterocycles.